The molecule has 4 atom stereocenters. The molecule has 4 aromatic carbocycles. The molecule has 3 fully saturated rings. The van der Waals surface area contributed by atoms with Crippen molar-refractivity contribution in [1.82, 2.24) is 9.88 Å². The van der Waals surface area contributed by atoms with Crippen LogP contribution in [0.2, 0.25) is 0 Å². The quantitative estimate of drug-likeness (QED) is 0.0911. The minimum absolute atomic E-state index is 0.00294. The predicted molar refractivity (Wildman–Crippen MR) is 183 cm³/mol. The zero-order chi connectivity index (χ0) is 36.3. The van der Waals surface area contributed by atoms with E-state index in [4.69, 9.17) is 9.72 Å². The molecule has 3 saturated heterocycles. The van der Waals surface area contributed by atoms with Crippen LogP contribution in [0.15, 0.2) is 95.0 Å². The molecule has 0 aliphatic carbocycles. The van der Waals surface area contributed by atoms with Gasteiger partial charge in [-0.2, -0.15) is 26.3 Å². The van der Waals surface area contributed by atoms with Crippen molar-refractivity contribution in [2.24, 2.45) is 11.8 Å². The van der Waals surface area contributed by atoms with Crippen LogP contribution in [0.3, 0.4) is 0 Å². The number of rotatable bonds is 9. The van der Waals surface area contributed by atoms with Gasteiger partial charge in [0.1, 0.15) is 17.1 Å². The van der Waals surface area contributed by atoms with Crippen molar-refractivity contribution in [2.75, 3.05) is 37.4 Å². The van der Waals surface area contributed by atoms with Gasteiger partial charge in [-0.3, -0.25) is 14.5 Å². The first-order valence-corrected chi connectivity index (χ1v) is 16.3. The van der Waals surface area contributed by atoms with E-state index in [9.17, 15) is 35.9 Å². The molecule has 264 valence electrons. The maximum atomic E-state index is 13.6. The molecule has 2 N–H and O–H groups in total. The van der Waals surface area contributed by atoms with Crippen LogP contribution in [0.1, 0.15) is 29.5 Å². The van der Waals surface area contributed by atoms with E-state index in [0.29, 0.717) is 48.6 Å². The summed E-state index contributed by atoms with van der Waals surface area (Å²) in [6.07, 6.45) is -6.71. The van der Waals surface area contributed by atoms with Gasteiger partial charge in [-0.15, -0.1) is 6.58 Å². The van der Waals surface area contributed by atoms with Crippen LogP contribution in [0.5, 0.6) is 5.75 Å². The Bertz CT molecular complexity index is 2180. The molecule has 51 heavy (non-hydrogen) atoms. The van der Waals surface area contributed by atoms with Gasteiger partial charge in [-0.1, -0.05) is 36.4 Å². The maximum absolute atomic E-state index is 13.6. The SMILES string of the molecule is C=C[C@H]1CN2CC[C@H]1C[C@@]2(CNc1c(Nc2cc(C(F)(F)F)cc(C(F)(F)F)c2)c(=O)c1=O)c1cc(-c2ccccc2)nc2ccc(OC)cc12. The summed E-state index contributed by atoms with van der Waals surface area (Å²) in [5, 5.41) is 6.32. The molecule has 0 amide bonds. The van der Waals surface area contributed by atoms with Gasteiger partial charge in [0.05, 0.1) is 35.0 Å². The number of hydrogen-bond acceptors (Lipinski definition) is 7. The van der Waals surface area contributed by atoms with E-state index in [1.54, 1.807) is 7.11 Å². The Morgan fingerprint density at radius 3 is 2.24 bits per heavy atom. The van der Waals surface area contributed by atoms with Crippen molar-refractivity contribution in [1.29, 1.82) is 0 Å². The van der Waals surface area contributed by atoms with Crippen molar-refractivity contribution in [3.8, 4) is 17.0 Å². The molecule has 13 heteroatoms. The van der Waals surface area contributed by atoms with Crippen LogP contribution in [0, 0.1) is 11.8 Å². The lowest BCUT2D eigenvalue weighted by molar-refractivity contribution is -0.143. The summed E-state index contributed by atoms with van der Waals surface area (Å²) in [5.74, 6) is 1.03. The van der Waals surface area contributed by atoms with Crippen molar-refractivity contribution >= 4 is 28.0 Å². The summed E-state index contributed by atoms with van der Waals surface area (Å²) in [4.78, 5) is 33.1. The molecule has 1 aromatic heterocycles. The third-order valence-electron chi connectivity index (χ3n) is 10.2. The molecule has 3 aliphatic heterocycles. The number of nitrogens with zero attached hydrogens (tertiary/aromatic N) is 2. The number of hydrogen-bond donors (Lipinski definition) is 2. The number of pyridine rings is 1. The number of halogens is 6. The monoisotopic (exact) mass is 706 g/mol. The van der Waals surface area contributed by atoms with E-state index in [1.807, 2.05) is 60.7 Å². The molecule has 5 aromatic rings. The number of piperidine rings is 3. The van der Waals surface area contributed by atoms with E-state index in [1.165, 1.54) is 0 Å². The average Bonchev–Trinajstić information content (AvgIpc) is 3.13. The Balaban J connectivity index is 1.33. The predicted octanol–water partition coefficient (Wildman–Crippen LogP) is 8.12. The summed E-state index contributed by atoms with van der Waals surface area (Å²) < 4.78 is 87.0. The first kappa shape index (κ1) is 34.3. The summed E-state index contributed by atoms with van der Waals surface area (Å²) in [6.45, 7) is 5.51. The van der Waals surface area contributed by atoms with Gasteiger partial charge in [-0.25, -0.2) is 4.98 Å². The molecule has 7 nitrogen and oxygen atoms in total. The molecule has 3 aliphatic rings. The second-order valence-electron chi connectivity index (χ2n) is 13.1. The minimum Gasteiger partial charge on any atom is -0.497 e. The van der Waals surface area contributed by atoms with Crippen LogP contribution in [0.25, 0.3) is 22.2 Å². The van der Waals surface area contributed by atoms with Gasteiger partial charge in [0.2, 0.25) is 0 Å². The van der Waals surface area contributed by atoms with Crippen LogP contribution in [0.4, 0.5) is 43.4 Å². The van der Waals surface area contributed by atoms with E-state index >= 15 is 0 Å². The van der Waals surface area contributed by atoms with Crippen molar-refractivity contribution in [3.63, 3.8) is 0 Å². The fourth-order valence-electron chi connectivity index (χ4n) is 7.62. The van der Waals surface area contributed by atoms with E-state index < -0.39 is 51.3 Å². The molecule has 4 heterocycles. The Hall–Kier alpha value is -5.17. The number of alkyl halides is 6. The lowest BCUT2D eigenvalue weighted by atomic mass is 9.66. The van der Waals surface area contributed by atoms with Gasteiger partial charge in [0.15, 0.2) is 0 Å². The van der Waals surface area contributed by atoms with Gasteiger partial charge < -0.3 is 15.4 Å². The molecule has 0 radical (unpaired) electrons. The number of anilines is 3. The van der Waals surface area contributed by atoms with Crippen molar-refractivity contribution in [2.45, 2.75) is 30.7 Å². The summed E-state index contributed by atoms with van der Waals surface area (Å²) >= 11 is 0. The Morgan fingerprint density at radius 2 is 1.63 bits per heavy atom. The highest BCUT2D eigenvalue weighted by Gasteiger charge is 2.51. The standard InChI is InChI=1S/C38H32F6N4O3/c1-3-21-19-48-12-11-23(21)18-36(48,29-17-31(22-7-5-4-6-8-22)47-30-10-9-27(51-2)16-28(29)30)20-45-32-33(35(50)34(32)49)46-26-14-24(37(39,40)41)13-25(15-26)38(42,43)44/h3-10,13-17,21,23,45-46H,1,11-12,18-20H2,2H3/t21-,23-,36+/m0/s1. The fourth-order valence-corrected chi connectivity index (χ4v) is 7.62. The molecule has 8 rings (SSSR count). The number of ether oxygens (including phenoxy) is 1. The maximum Gasteiger partial charge on any atom is 0.416 e. The van der Waals surface area contributed by atoms with Gasteiger partial charge in [-0.05, 0) is 79.3 Å². The first-order valence-electron chi connectivity index (χ1n) is 16.3. The van der Waals surface area contributed by atoms with E-state index in [-0.39, 0.29) is 30.1 Å². The minimum atomic E-state index is -5.09. The zero-order valence-electron chi connectivity index (χ0n) is 27.3. The number of benzene rings is 3. The van der Waals surface area contributed by atoms with Crippen LogP contribution >= 0.6 is 0 Å². The molecular formula is C38H32F6N4O3. The molecular weight excluding hydrogens is 674 g/mol. The Morgan fingerprint density at radius 1 is 0.941 bits per heavy atom. The average molecular weight is 707 g/mol. The number of fused-ring (bicyclic) bond motifs is 4. The molecule has 0 spiro atoms. The van der Waals surface area contributed by atoms with E-state index in [0.717, 1.165) is 22.9 Å². The lowest BCUT2D eigenvalue weighted by Gasteiger charge is -2.57. The lowest BCUT2D eigenvalue weighted by Crippen LogP contribution is -2.62. The van der Waals surface area contributed by atoms with Gasteiger partial charge in [0.25, 0.3) is 10.9 Å². The van der Waals surface area contributed by atoms with Crippen LogP contribution in [-0.2, 0) is 17.9 Å². The molecule has 2 bridgehead atoms. The molecule has 0 saturated carbocycles. The highest BCUT2D eigenvalue weighted by Crippen LogP contribution is 2.51. The summed E-state index contributed by atoms with van der Waals surface area (Å²) in [5.41, 5.74) is -3.93. The third-order valence-corrected chi connectivity index (χ3v) is 10.2. The topological polar surface area (TPSA) is 83.6 Å². The largest absolute Gasteiger partial charge is 0.497 e. The smallest absolute Gasteiger partial charge is 0.416 e. The second-order valence-corrected chi connectivity index (χ2v) is 13.1. The van der Waals surface area contributed by atoms with Gasteiger partial charge >= 0.3 is 12.4 Å². The normalized spacial score (nSPS) is 21.9. The highest BCUT2D eigenvalue weighted by atomic mass is 19.4. The molecule has 1 unspecified atom stereocenters. The van der Waals surface area contributed by atoms with Gasteiger partial charge in [0, 0.05) is 29.7 Å². The Labute approximate surface area is 288 Å². The Kier molecular flexibility index (Phi) is 8.44. The van der Waals surface area contributed by atoms with Crippen LogP contribution in [-0.4, -0.2) is 36.6 Å². The first-order chi connectivity index (χ1) is 24.2. The van der Waals surface area contributed by atoms with Crippen molar-refractivity contribution < 1.29 is 31.1 Å². The number of nitrogens with one attached hydrogen (secondary N) is 2. The number of aromatic nitrogens is 1. The number of methoxy groups -OCH3 is 1. The second kappa shape index (κ2) is 12.6. The van der Waals surface area contributed by atoms with Crippen molar-refractivity contribution in [3.05, 3.63) is 123 Å². The summed E-state index contributed by atoms with van der Waals surface area (Å²) in [6, 6.07) is 18.2. The highest BCUT2D eigenvalue weighted by molar-refractivity contribution is 5.88. The third kappa shape index (κ3) is 6.13. The fraction of sp³-hybridized carbons (Fsp3) is 0.289. The van der Waals surface area contributed by atoms with E-state index in [2.05, 4.69) is 22.1 Å². The van der Waals surface area contributed by atoms with Crippen LogP contribution < -0.4 is 26.2 Å². The zero-order valence-corrected chi connectivity index (χ0v) is 27.3. The summed E-state index contributed by atoms with van der Waals surface area (Å²) in [7, 11) is 1.56.